The molecular weight excluding hydrogens is 176 g/mol. The molecule has 4 N–H and O–H groups in total. The van der Waals surface area contributed by atoms with Gasteiger partial charge in [-0.2, -0.15) is 0 Å². The van der Waals surface area contributed by atoms with Crippen molar-refractivity contribution in [3.63, 3.8) is 0 Å². The number of halogens is 1. The summed E-state index contributed by atoms with van der Waals surface area (Å²) in [5.74, 6) is 0.730. The van der Waals surface area contributed by atoms with Gasteiger partial charge in [0.25, 0.3) is 0 Å². The molecule has 0 aliphatic rings. The molecule has 12 heavy (non-hydrogen) atoms. The summed E-state index contributed by atoms with van der Waals surface area (Å²) in [6.07, 6.45) is 1.74. The maximum absolute atomic E-state index is 5.79. The molecule has 0 aromatic carbocycles. The fourth-order valence-corrected chi connectivity index (χ4v) is 1.16. The Hall–Kier alpha value is -0.510. The highest BCUT2D eigenvalue weighted by molar-refractivity contribution is 6.28. The van der Waals surface area contributed by atoms with Gasteiger partial charge in [-0.05, 0) is 43.1 Å². The molecule has 0 aliphatic heterocycles. The van der Waals surface area contributed by atoms with Crippen molar-refractivity contribution in [3.8, 4) is 0 Å². The van der Waals surface area contributed by atoms with Gasteiger partial charge in [0.2, 0.25) is 0 Å². The highest BCUT2D eigenvalue weighted by Gasteiger charge is 2.09. The van der Waals surface area contributed by atoms with Gasteiger partial charge in [0.05, 0.1) is 6.04 Å². The van der Waals surface area contributed by atoms with Gasteiger partial charge in [-0.15, -0.1) is 0 Å². The van der Waals surface area contributed by atoms with E-state index in [0.717, 1.165) is 18.6 Å². The van der Waals surface area contributed by atoms with Gasteiger partial charge >= 0.3 is 0 Å². The Morgan fingerprint density at radius 1 is 1.50 bits per heavy atom. The van der Waals surface area contributed by atoms with Gasteiger partial charge in [-0.3, -0.25) is 0 Å². The first kappa shape index (κ1) is 9.58. The standard InChI is InChI=1S/C8H13ClN2O/c9-8-4-3-7(12-8)6(11)2-1-5-10/h3-4,6H,1-2,5,10-11H2/t6-/m1/s1. The van der Waals surface area contributed by atoms with E-state index in [1.54, 1.807) is 12.1 Å². The van der Waals surface area contributed by atoms with Crippen molar-refractivity contribution in [1.29, 1.82) is 0 Å². The molecule has 0 aliphatic carbocycles. The van der Waals surface area contributed by atoms with Crippen molar-refractivity contribution < 1.29 is 4.42 Å². The normalized spacial score (nSPS) is 13.2. The molecule has 0 bridgehead atoms. The van der Waals surface area contributed by atoms with Crippen LogP contribution in [0.15, 0.2) is 16.5 Å². The summed E-state index contributed by atoms with van der Waals surface area (Å²) in [4.78, 5) is 0. The molecule has 1 heterocycles. The van der Waals surface area contributed by atoms with Crippen molar-refractivity contribution in [1.82, 2.24) is 0 Å². The second-order valence-corrected chi connectivity index (χ2v) is 3.05. The van der Waals surface area contributed by atoms with Crippen LogP contribution in [0.2, 0.25) is 5.22 Å². The van der Waals surface area contributed by atoms with E-state index in [0.29, 0.717) is 11.8 Å². The molecule has 0 radical (unpaired) electrons. The van der Waals surface area contributed by atoms with Crippen LogP contribution in [-0.4, -0.2) is 6.54 Å². The summed E-state index contributed by atoms with van der Waals surface area (Å²) in [6, 6.07) is 3.41. The van der Waals surface area contributed by atoms with Crippen molar-refractivity contribution in [2.45, 2.75) is 18.9 Å². The number of rotatable bonds is 4. The number of furan rings is 1. The van der Waals surface area contributed by atoms with E-state index in [2.05, 4.69) is 0 Å². The molecule has 1 atom stereocenters. The molecule has 0 amide bonds. The van der Waals surface area contributed by atoms with Crippen LogP contribution in [0.25, 0.3) is 0 Å². The van der Waals surface area contributed by atoms with Crippen LogP contribution >= 0.6 is 11.6 Å². The van der Waals surface area contributed by atoms with Crippen LogP contribution in [0.4, 0.5) is 0 Å². The van der Waals surface area contributed by atoms with E-state index in [-0.39, 0.29) is 6.04 Å². The van der Waals surface area contributed by atoms with Crippen LogP contribution in [0.3, 0.4) is 0 Å². The maximum Gasteiger partial charge on any atom is 0.193 e. The summed E-state index contributed by atoms with van der Waals surface area (Å²) in [6.45, 7) is 0.655. The lowest BCUT2D eigenvalue weighted by molar-refractivity contribution is 0.448. The molecule has 0 saturated carbocycles. The number of hydrogen-bond acceptors (Lipinski definition) is 3. The minimum atomic E-state index is -0.0824. The van der Waals surface area contributed by atoms with Crippen molar-refractivity contribution in [3.05, 3.63) is 23.1 Å². The maximum atomic E-state index is 5.79. The van der Waals surface area contributed by atoms with Gasteiger partial charge in [0.15, 0.2) is 5.22 Å². The largest absolute Gasteiger partial charge is 0.448 e. The van der Waals surface area contributed by atoms with Crippen LogP contribution < -0.4 is 11.5 Å². The Bertz CT molecular complexity index is 237. The summed E-state index contributed by atoms with van der Waals surface area (Å²) in [7, 11) is 0. The molecule has 4 heteroatoms. The third kappa shape index (κ3) is 2.52. The Balaban J connectivity index is 2.47. The third-order valence-corrected chi connectivity index (χ3v) is 1.88. The second kappa shape index (κ2) is 4.50. The van der Waals surface area contributed by atoms with E-state index >= 15 is 0 Å². The summed E-state index contributed by atoms with van der Waals surface area (Å²) in [5, 5.41) is 0.383. The van der Waals surface area contributed by atoms with Gasteiger partial charge in [0.1, 0.15) is 5.76 Å². The van der Waals surface area contributed by atoms with Crippen LogP contribution in [-0.2, 0) is 0 Å². The Labute approximate surface area is 76.7 Å². The molecular formula is C8H13ClN2O. The van der Waals surface area contributed by atoms with Crippen molar-refractivity contribution in [2.75, 3.05) is 6.54 Å². The van der Waals surface area contributed by atoms with E-state index in [1.165, 1.54) is 0 Å². The van der Waals surface area contributed by atoms with Crippen LogP contribution in [0.5, 0.6) is 0 Å². The zero-order valence-corrected chi connectivity index (χ0v) is 7.55. The SMILES string of the molecule is NCCC[C@@H](N)c1ccc(Cl)o1. The summed E-state index contributed by atoms with van der Waals surface area (Å²) >= 11 is 5.59. The van der Waals surface area contributed by atoms with Crippen molar-refractivity contribution >= 4 is 11.6 Å². The first-order valence-electron chi connectivity index (χ1n) is 3.95. The van der Waals surface area contributed by atoms with E-state index in [9.17, 15) is 0 Å². The van der Waals surface area contributed by atoms with Gasteiger partial charge < -0.3 is 15.9 Å². The highest BCUT2D eigenvalue weighted by atomic mass is 35.5. The third-order valence-electron chi connectivity index (χ3n) is 1.68. The highest BCUT2D eigenvalue weighted by Crippen LogP contribution is 2.20. The molecule has 0 spiro atoms. The first-order chi connectivity index (χ1) is 5.74. The lowest BCUT2D eigenvalue weighted by Crippen LogP contribution is -2.11. The first-order valence-corrected chi connectivity index (χ1v) is 4.32. The van der Waals surface area contributed by atoms with E-state index < -0.39 is 0 Å². The number of hydrogen-bond donors (Lipinski definition) is 2. The van der Waals surface area contributed by atoms with Gasteiger partial charge in [0, 0.05) is 0 Å². The average molecular weight is 189 g/mol. The van der Waals surface area contributed by atoms with Crippen LogP contribution in [0.1, 0.15) is 24.6 Å². The monoisotopic (exact) mass is 188 g/mol. The molecule has 1 rings (SSSR count). The molecule has 1 aromatic rings. The quantitative estimate of drug-likeness (QED) is 0.756. The lowest BCUT2D eigenvalue weighted by atomic mass is 10.1. The second-order valence-electron chi connectivity index (χ2n) is 2.68. The zero-order valence-electron chi connectivity index (χ0n) is 6.79. The predicted octanol–water partition coefficient (Wildman–Crippen LogP) is 1.67. The number of nitrogens with two attached hydrogens (primary N) is 2. The van der Waals surface area contributed by atoms with E-state index in [1.807, 2.05) is 0 Å². The topological polar surface area (TPSA) is 65.2 Å². The Kier molecular flexibility index (Phi) is 3.59. The average Bonchev–Trinajstić information content (AvgIpc) is 2.47. The Morgan fingerprint density at radius 3 is 2.75 bits per heavy atom. The molecule has 3 nitrogen and oxygen atoms in total. The molecule has 0 unspecified atom stereocenters. The van der Waals surface area contributed by atoms with Crippen molar-refractivity contribution in [2.24, 2.45) is 11.5 Å². The molecule has 1 aromatic heterocycles. The fourth-order valence-electron chi connectivity index (χ4n) is 1.01. The smallest absolute Gasteiger partial charge is 0.193 e. The predicted molar refractivity (Wildman–Crippen MR) is 48.9 cm³/mol. The molecule has 0 saturated heterocycles. The van der Waals surface area contributed by atoms with Crippen LogP contribution in [0, 0.1) is 0 Å². The fraction of sp³-hybridized carbons (Fsp3) is 0.500. The Morgan fingerprint density at radius 2 is 2.25 bits per heavy atom. The summed E-state index contributed by atoms with van der Waals surface area (Å²) in [5.41, 5.74) is 11.1. The molecule has 68 valence electrons. The molecule has 0 fully saturated rings. The minimum absolute atomic E-state index is 0.0824. The summed E-state index contributed by atoms with van der Waals surface area (Å²) < 4.78 is 5.14. The zero-order chi connectivity index (χ0) is 8.97. The van der Waals surface area contributed by atoms with E-state index in [4.69, 9.17) is 27.5 Å². The van der Waals surface area contributed by atoms with Gasteiger partial charge in [-0.25, -0.2) is 0 Å². The lowest BCUT2D eigenvalue weighted by Gasteiger charge is -2.06. The van der Waals surface area contributed by atoms with Gasteiger partial charge in [-0.1, -0.05) is 0 Å². The minimum Gasteiger partial charge on any atom is -0.448 e.